The largest absolute Gasteiger partial charge is 0.362 e. The van der Waals surface area contributed by atoms with Crippen LogP contribution < -0.4 is 5.32 Å². The van der Waals surface area contributed by atoms with E-state index in [-0.39, 0.29) is 26.4 Å². The van der Waals surface area contributed by atoms with Crippen LogP contribution in [0, 0.1) is 0 Å². The Morgan fingerprint density at radius 2 is 1.19 bits per heavy atom. The van der Waals surface area contributed by atoms with Gasteiger partial charge in [-0.05, 0) is 40.2 Å². The van der Waals surface area contributed by atoms with Gasteiger partial charge in [-0.3, -0.25) is 14.4 Å². The standard InChI is InChI=1S/C17H31NO6P2/c1-6-21-25(19,22-7-2)17(5,26(20,23-8-3)24-9-4)18-15-16-13-11-10-12-14-16/h10-14,18H,6-9,15H2,1-5H3. The van der Waals surface area contributed by atoms with Gasteiger partial charge in [0.2, 0.25) is 5.02 Å². The van der Waals surface area contributed by atoms with E-state index >= 15 is 0 Å². The van der Waals surface area contributed by atoms with Crippen LogP contribution in [0.3, 0.4) is 0 Å². The molecule has 0 radical (unpaired) electrons. The van der Waals surface area contributed by atoms with E-state index in [9.17, 15) is 9.13 Å². The van der Waals surface area contributed by atoms with Crippen molar-refractivity contribution in [1.82, 2.24) is 5.32 Å². The van der Waals surface area contributed by atoms with E-state index in [4.69, 9.17) is 18.1 Å². The summed E-state index contributed by atoms with van der Waals surface area (Å²) in [5.41, 5.74) is 0.929. The molecular formula is C17H31NO6P2. The quantitative estimate of drug-likeness (QED) is 0.462. The molecule has 0 bridgehead atoms. The molecule has 0 aliphatic rings. The summed E-state index contributed by atoms with van der Waals surface area (Å²) in [7, 11) is -7.77. The van der Waals surface area contributed by atoms with Gasteiger partial charge in [0.05, 0.1) is 26.4 Å². The Bertz CT molecular complexity index is 575. The summed E-state index contributed by atoms with van der Waals surface area (Å²) in [6.45, 7) is 9.18. The molecule has 1 aromatic carbocycles. The second kappa shape index (κ2) is 10.7. The molecule has 0 aromatic heterocycles. The zero-order valence-corrected chi connectivity index (χ0v) is 18.1. The normalized spacial score (nSPS) is 13.1. The fourth-order valence-corrected chi connectivity index (χ4v) is 7.42. The molecule has 0 saturated carbocycles. The minimum atomic E-state index is -3.88. The maximum absolute atomic E-state index is 13.6. The Morgan fingerprint density at radius 1 is 0.808 bits per heavy atom. The monoisotopic (exact) mass is 407 g/mol. The molecule has 0 amide bonds. The highest BCUT2D eigenvalue weighted by Gasteiger charge is 2.62. The molecule has 0 fully saturated rings. The third-order valence-corrected chi connectivity index (χ3v) is 10.0. The molecule has 1 N–H and O–H groups in total. The van der Waals surface area contributed by atoms with Crippen molar-refractivity contribution in [2.24, 2.45) is 0 Å². The van der Waals surface area contributed by atoms with Crippen LogP contribution in [0.25, 0.3) is 0 Å². The van der Waals surface area contributed by atoms with Crippen LogP contribution in [0.1, 0.15) is 40.2 Å². The summed E-state index contributed by atoms with van der Waals surface area (Å²) in [4.78, 5) is 0. The predicted molar refractivity (Wildman–Crippen MR) is 103 cm³/mol. The zero-order valence-electron chi connectivity index (χ0n) is 16.3. The molecular weight excluding hydrogens is 376 g/mol. The number of hydrogen-bond donors (Lipinski definition) is 1. The molecule has 0 saturated heterocycles. The van der Waals surface area contributed by atoms with Crippen molar-refractivity contribution in [1.29, 1.82) is 0 Å². The molecule has 0 heterocycles. The van der Waals surface area contributed by atoms with Crippen LogP contribution in [0.4, 0.5) is 0 Å². The smallest absolute Gasteiger partial charge is 0.307 e. The first-order valence-electron chi connectivity index (χ1n) is 8.89. The molecule has 150 valence electrons. The van der Waals surface area contributed by atoms with Gasteiger partial charge in [0.25, 0.3) is 0 Å². The minimum absolute atomic E-state index is 0.137. The van der Waals surface area contributed by atoms with Crippen LogP contribution in [-0.2, 0) is 33.8 Å². The lowest BCUT2D eigenvalue weighted by molar-refractivity contribution is 0.171. The first kappa shape index (κ1) is 23.5. The fraction of sp³-hybridized carbons (Fsp3) is 0.647. The second-order valence-corrected chi connectivity index (χ2v) is 10.7. The van der Waals surface area contributed by atoms with E-state index in [1.54, 1.807) is 27.7 Å². The summed E-state index contributed by atoms with van der Waals surface area (Å²) >= 11 is 0. The topological polar surface area (TPSA) is 83.1 Å². The van der Waals surface area contributed by atoms with E-state index in [1.807, 2.05) is 30.3 Å². The van der Waals surface area contributed by atoms with E-state index in [0.717, 1.165) is 5.56 Å². The van der Waals surface area contributed by atoms with Gasteiger partial charge in [-0.2, -0.15) is 0 Å². The highest BCUT2D eigenvalue weighted by atomic mass is 31.2. The van der Waals surface area contributed by atoms with Crippen molar-refractivity contribution in [2.75, 3.05) is 26.4 Å². The maximum atomic E-state index is 13.6. The van der Waals surface area contributed by atoms with Crippen molar-refractivity contribution in [3.05, 3.63) is 35.9 Å². The first-order valence-corrected chi connectivity index (χ1v) is 12.0. The van der Waals surface area contributed by atoms with Gasteiger partial charge in [0, 0.05) is 6.54 Å². The summed E-state index contributed by atoms with van der Waals surface area (Å²) < 4.78 is 49.2. The summed E-state index contributed by atoms with van der Waals surface area (Å²) in [6.07, 6.45) is 0. The molecule has 1 rings (SSSR count). The van der Waals surface area contributed by atoms with Gasteiger partial charge in [-0.1, -0.05) is 30.3 Å². The van der Waals surface area contributed by atoms with Gasteiger partial charge in [0.15, 0.2) is 0 Å². The van der Waals surface area contributed by atoms with Gasteiger partial charge in [-0.25, -0.2) is 0 Å². The Balaban J connectivity index is 3.37. The molecule has 0 aliphatic carbocycles. The molecule has 0 spiro atoms. The SMILES string of the molecule is CCOP(=O)(OCC)C(C)(NCc1ccccc1)P(=O)(OCC)OCC. The van der Waals surface area contributed by atoms with Gasteiger partial charge in [-0.15, -0.1) is 0 Å². The summed E-state index contributed by atoms with van der Waals surface area (Å²) in [5.74, 6) is 0. The summed E-state index contributed by atoms with van der Waals surface area (Å²) in [6, 6.07) is 9.50. The fourth-order valence-electron chi connectivity index (χ4n) is 2.47. The molecule has 7 nitrogen and oxygen atoms in total. The van der Waals surface area contributed by atoms with Crippen molar-refractivity contribution >= 4 is 15.2 Å². The van der Waals surface area contributed by atoms with E-state index in [2.05, 4.69) is 5.32 Å². The zero-order chi connectivity index (χ0) is 19.7. The minimum Gasteiger partial charge on any atom is -0.307 e. The Kier molecular flexibility index (Phi) is 9.70. The second-order valence-electron chi connectivity index (χ2n) is 5.53. The number of hydrogen-bond acceptors (Lipinski definition) is 7. The highest BCUT2D eigenvalue weighted by Crippen LogP contribution is 2.76. The Hall–Kier alpha value is -0.520. The Morgan fingerprint density at radius 3 is 1.54 bits per heavy atom. The number of rotatable bonds is 13. The van der Waals surface area contributed by atoms with Crippen molar-refractivity contribution in [2.45, 2.75) is 46.2 Å². The number of nitrogens with one attached hydrogen (secondary N) is 1. The van der Waals surface area contributed by atoms with E-state index in [1.165, 1.54) is 6.92 Å². The van der Waals surface area contributed by atoms with Gasteiger partial charge < -0.3 is 18.1 Å². The summed E-state index contributed by atoms with van der Waals surface area (Å²) in [5, 5.41) is 1.45. The average molecular weight is 407 g/mol. The predicted octanol–water partition coefficient (Wildman–Crippen LogP) is 4.98. The van der Waals surface area contributed by atoms with Crippen LogP contribution in [0.5, 0.6) is 0 Å². The van der Waals surface area contributed by atoms with Crippen LogP contribution in [0.2, 0.25) is 0 Å². The van der Waals surface area contributed by atoms with Crippen molar-refractivity contribution < 1.29 is 27.2 Å². The van der Waals surface area contributed by atoms with Crippen molar-refractivity contribution in [3.63, 3.8) is 0 Å². The third kappa shape index (κ3) is 5.26. The molecule has 0 unspecified atom stereocenters. The van der Waals surface area contributed by atoms with Crippen LogP contribution in [-0.4, -0.2) is 31.4 Å². The molecule has 26 heavy (non-hydrogen) atoms. The van der Waals surface area contributed by atoms with E-state index < -0.39 is 20.2 Å². The molecule has 9 heteroatoms. The molecule has 0 atom stereocenters. The lowest BCUT2D eigenvalue weighted by Gasteiger charge is -2.40. The molecule has 1 aromatic rings. The van der Waals surface area contributed by atoms with Crippen molar-refractivity contribution in [3.8, 4) is 0 Å². The third-order valence-electron chi connectivity index (χ3n) is 3.73. The lowest BCUT2D eigenvalue weighted by Crippen LogP contribution is -2.43. The van der Waals surface area contributed by atoms with E-state index in [0.29, 0.717) is 6.54 Å². The Labute approximate surface area is 156 Å². The highest BCUT2D eigenvalue weighted by molar-refractivity contribution is 7.74. The molecule has 0 aliphatic heterocycles. The number of benzene rings is 1. The van der Waals surface area contributed by atoms with Crippen LogP contribution >= 0.6 is 15.2 Å². The maximum Gasteiger partial charge on any atom is 0.362 e. The van der Waals surface area contributed by atoms with Crippen LogP contribution in [0.15, 0.2) is 30.3 Å². The first-order chi connectivity index (χ1) is 12.3. The average Bonchev–Trinajstić information content (AvgIpc) is 2.61. The lowest BCUT2D eigenvalue weighted by atomic mass is 10.2. The van der Waals surface area contributed by atoms with Gasteiger partial charge >= 0.3 is 15.2 Å². The van der Waals surface area contributed by atoms with Gasteiger partial charge in [0.1, 0.15) is 0 Å².